The van der Waals surface area contributed by atoms with E-state index in [4.69, 9.17) is 22.4 Å². The monoisotopic (exact) mass is 269 g/mol. The summed E-state index contributed by atoms with van der Waals surface area (Å²) in [6.45, 7) is 1.61. The van der Waals surface area contributed by atoms with Crippen molar-refractivity contribution in [3.8, 4) is 0 Å². The standard InChI is InChI=1S/C12H19N3O2S/c1-14(7-10-4-6-17-9-10)8-12(16)15(2)5-3-11(13)18/h4,6,9H,3,5,7-8H2,1-2H3,(H2,13,18). The Labute approximate surface area is 113 Å². The van der Waals surface area contributed by atoms with E-state index in [1.54, 1.807) is 24.5 Å². The van der Waals surface area contributed by atoms with Crippen LogP contribution in [0.2, 0.25) is 0 Å². The minimum absolute atomic E-state index is 0.0530. The Hall–Kier alpha value is -1.40. The number of hydrogen-bond donors (Lipinski definition) is 1. The van der Waals surface area contributed by atoms with Crippen molar-refractivity contribution >= 4 is 23.1 Å². The highest BCUT2D eigenvalue weighted by Gasteiger charge is 2.12. The molecule has 0 fully saturated rings. The van der Waals surface area contributed by atoms with Crippen molar-refractivity contribution in [2.75, 3.05) is 27.2 Å². The molecule has 1 aromatic rings. The minimum atomic E-state index is 0.0530. The average molecular weight is 269 g/mol. The number of likely N-dealkylation sites (N-methyl/N-ethyl adjacent to an activating group) is 2. The lowest BCUT2D eigenvalue weighted by molar-refractivity contribution is -0.130. The first-order valence-electron chi connectivity index (χ1n) is 5.71. The number of nitrogens with zero attached hydrogens (tertiary/aromatic N) is 2. The van der Waals surface area contributed by atoms with E-state index in [1.807, 2.05) is 18.0 Å². The Kier molecular flexibility index (Phi) is 5.80. The van der Waals surface area contributed by atoms with Crippen molar-refractivity contribution in [2.24, 2.45) is 5.73 Å². The molecule has 2 N–H and O–H groups in total. The van der Waals surface area contributed by atoms with Crippen molar-refractivity contribution < 1.29 is 9.21 Å². The summed E-state index contributed by atoms with van der Waals surface area (Å²) < 4.78 is 4.98. The lowest BCUT2D eigenvalue weighted by atomic mass is 10.3. The fourth-order valence-electron chi connectivity index (χ4n) is 1.50. The van der Waals surface area contributed by atoms with Crippen LogP contribution < -0.4 is 5.73 Å². The maximum absolute atomic E-state index is 11.9. The fourth-order valence-corrected chi connectivity index (χ4v) is 1.60. The third-order valence-corrected chi connectivity index (χ3v) is 2.76. The van der Waals surface area contributed by atoms with E-state index in [2.05, 4.69) is 0 Å². The summed E-state index contributed by atoms with van der Waals surface area (Å²) in [6.07, 6.45) is 3.86. The molecule has 100 valence electrons. The molecule has 0 atom stereocenters. The number of amides is 1. The van der Waals surface area contributed by atoms with E-state index in [1.165, 1.54) is 0 Å². The van der Waals surface area contributed by atoms with E-state index < -0.39 is 0 Å². The van der Waals surface area contributed by atoms with Gasteiger partial charge in [0.15, 0.2) is 0 Å². The Morgan fingerprint density at radius 3 is 2.78 bits per heavy atom. The van der Waals surface area contributed by atoms with Crippen LogP contribution in [-0.4, -0.2) is 47.9 Å². The molecule has 6 heteroatoms. The first-order chi connectivity index (χ1) is 8.49. The highest BCUT2D eigenvalue weighted by molar-refractivity contribution is 7.80. The van der Waals surface area contributed by atoms with E-state index in [9.17, 15) is 4.79 Å². The fraction of sp³-hybridized carbons (Fsp3) is 0.500. The predicted octanol–water partition coefficient (Wildman–Crippen LogP) is 0.846. The Bertz CT molecular complexity index is 392. The molecule has 0 spiro atoms. The number of furan rings is 1. The van der Waals surface area contributed by atoms with Crippen LogP contribution in [0.1, 0.15) is 12.0 Å². The van der Waals surface area contributed by atoms with Gasteiger partial charge >= 0.3 is 0 Å². The normalized spacial score (nSPS) is 10.6. The van der Waals surface area contributed by atoms with Crippen LogP contribution in [0.4, 0.5) is 0 Å². The van der Waals surface area contributed by atoms with Gasteiger partial charge in [-0.15, -0.1) is 0 Å². The highest BCUT2D eigenvalue weighted by atomic mass is 32.1. The maximum Gasteiger partial charge on any atom is 0.236 e. The van der Waals surface area contributed by atoms with Crippen LogP contribution in [0, 0.1) is 0 Å². The van der Waals surface area contributed by atoms with Gasteiger partial charge in [-0.1, -0.05) is 12.2 Å². The van der Waals surface area contributed by atoms with E-state index >= 15 is 0 Å². The average Bonchev–Trinajstić information content (AvgIpc) is 2.78. The summed E-state index contributed by atoms with van der Waals surface area (Å²) in [4.78, 5) is 15.9. The number of rotatable bonds is 7. The van der Waals surface area contributed by atoms with Crippen molar-refractivity contribution in [1.29, 1.82) is 0 Å². The molecule has 1 heterocycles. The van der Waals surface area contributed by atoms with Crippen LogP contribution in [0.3, 0.4) is 0 Å². The van der Waals surface area contributed by atoms with Gasteiger partial charge in [0.25, 0.3) is 0 Å². The molecule has 0 bridgehead atoms. The summed E-state index contributed by atoms with van der Waals surface area (Å²) in [7, 11) is 3.65. The highest BCUT2D eigenvalue weighted by Crippen LogP contribution is 2.03. The van der Waals surface area contributed by atoms with Crippen LogP contribution in [0.15, 0.2) is 23.0 Å². The summed E-state index contributed by atoms with van der Waals surface area (Å²) >= 11 is 4.78. The Morgan fingerprint density at radius 1 is 1.50 bits per heavy atom. The van der Waals surface area contributed by atoms with Crippen LogP contribution in [-0.2, 0) is 11.3 Å². The second-order valence-electron chi connectivity index (χ2n) is 4.34. The third kappa shape index (κ3) is 5.29. The zero-order valence-electron chi connectivity index (χ0n) is 10.8. The van der Waals surface area contributed by atoms with Gasteiger partial charge in [0.1, 0.15) is 0 Å². The van der Waals surface area contributed by atoms with Gasteiger partial charge < -0.3 is 15.1 Å². The molecule has 5 nitrogen and oxygen atoms in total. The van der Waals surface area contributed by atoms with Crippen LogP contribution in [0.25, 0.3) is 0 Å². The smallest absolute Gasteiger partial charge is 0.236 e. The predicted molar refractivity (Wildman–Crippen MR) is 74.1 cm³/mol. The Balaban J connectivity index is 2.32. The van der Waals surface area contributed by atoms with Gasteiger partial charge in [0.2, 0.25) is 5.91 Å². The van der Waals surface area contributed by atoms with E-state index in [0.29, 0.717) is 31.0 Å². The number of hydrogen-bond acceptors (Lipinski definition) is 4. The molecule has 18 heavy (non-hydrogen) atoms. The number of thiocarbonyl (C=S) groups is 1. The number of nitrogens with two attached hydrogens (primary N) is 1. The summed E-state index contributed by atoms with van der Waals surface area (Å²) in [5.74, 6) is 0.0530. The summed E-state index contributed by atoms with van der Waals surface area (Å²) in [5, 5.41) is 0. The SMILES string of the molecule is CN(CC(=O)N(C)CCC(N)=S)Cc1ccoc1. The topological polar surface area (TPSA) is 62.7 Å². The number of carbonyl (C=O) groups is 1. The van der Waals surface area contributed by atoms with E-state index in [-0.39, 0.29) is 5.91 Å². The zero-order chi connectivity index (χ0) is 13.5. The second-order valence-corrected chi connectivity index (χ2v) is 4.86. The molecular formula is C12H19N3O2S. The first kappa shape index (κ1) is 14.7. The molecule has 1 amide bonds. The molecule has 0 saturated heterocycles. The van der Waals surface area contributed by atoms with Crippen molar-refractivity contribution in [3.05, 3.63) is 24.2 Å². The van der Waals surface area contributed by atoms with Gasteiger partial charge in [-0.2, -0.15) is 0 Å². The van der Waals surface area contributed by atoms with Gasteiger partial charge in [-0.3, -0.25) is 9.69 Å². The minimum Gasteiger partial charge on any atom is -0.472 e. The maximum atomic E-state index is 11.9. The largest absolute Gasteiger partial charge is 0.472 e. The molecule has 0 aromatic carbocycles. The molecule has 0 aliphatic carbocycles. The zero-order valence-corrected chi connectivity index (χ0v) is 11.6. The van der Waals surface area contributed by atoms with Crippen molar-refractivity contribution in [2.45, 2.75) is 13.0 Å². The number of carbonyl (C=O) groups excluding carboxylic acids is 1. The van der Waals surface area contributed by atoms with Gasteiger partial charge in [-0.25, -0.2) is 0 Å². The quantitative estimate of drug-likeness (QED) is 0.743. The lowest BCUT2D eigenvalue weighted by Crippen LogP contribution is -2.37. The summed E-state index contributed by atoms with van der Waals surface area (Å²) in [6, 6.07) is 1.89. The second kappa shape index (κ2) is 7.13. The lowest BCUT2D eigenvalue weighted by Gasteiger charge is -2.21. The Morgan fingerprint density at radius 2 is 2.22 bits per heavy atom. The third-order valence-electron chi connectivity index (χ3n) is 2.56. The summed E-state index contributed by atoms with van der Waals surface area (Å²) in [5.41, 5.74) is 6.46. The van der Waals surface area contributed by atoms with Crippen LogP contribution in [0.5, 0.6) is 0 Å². The van der Waals surface area contributed by atoms with Gasteiger partial charge in [0.05, 0.1) is 24.1 Å². The molecule has 1 rings (SSSR count). The van der Waals surface area contributed by atoms with Crippen molar-refractivity contribution in [1.82, 2.24) is 9.80 Å². The molecule has 0 saturated carbocycles. The van der Waals surface area contributed by atoms with Gasteiger partial charge in [0, 0.05) is 32.1 Å². The molecule has 0 aliphatic rings. The molecule has 1 aromatic heterocycles. The molecule has 0 radical (unpaired) electrons. The molecule has 0 unspecified atom stereocenters. The molecular weight excluding hydrogens is 250 g/mol. The van der Waals surface area contributed by atoms with Crippen molar-refractivity contribution in [3.63, 3.8) is 0 Å². The first-order valence-corrected chi connectivity index (χ1v) is 6.11. The molecule has 0 aliphatic heterocycles. The van der Waals surface area contributed by atoms with Crippen LogP contribution >= 0.6 is 12.2 Å². The van der Waals surface area contributed by atoms with Gasteiger partial charge in [-0.05, 0) is 13.1 Å². The van der Waals surface area contributed by atoms with E-state index in [0.717, 1.165) is 5.56 Å².